The van der Waals surface area contributed by atoms with Gasteiger partial charge in [-0.25, -0.2) is 14.6 Å². The van der Waals surface area contributed by atoms with Crippen molar-refractivity contribution in [2.75, 3.05) is 31.1 Å². The van der Waals surface area contributed by atoms with Crippen molar-refractivity contribution in [2.45, 2.75) is 60.3 Å². The molecule has 2 aromatic heterocycles. The first-order valence-corrected chi connectivity index (χ1v) is 14.5. The monoisotopic (exact) mass is 538 g/mol. The van der Waals surface area contributed by atoms with Crippen LogP contribution in [0.3, 0.4) is 0 Å². The lowest BCUT2D eigenvalue weighted by Gasteiger charge is -2.26. The van der Waals surface area contributed by atoms with E-state index >= 15 is 0 Å². The molecule has 0 radical (unpaired) electrons. The van der Waals surface area contributed by atoms with Gasteiger partial charge in [-0.3, -0.25) is 4.79 Å². The Hall–Kier alpha value is -3.74. The quantitative estimate of drug-likeness (QED) is 0.280. The number of nitrogens with zero attached hydrogens (tertiary/aromatic N) is 6. The fourth-order valence-electron chi connectivity index (χ4n) is 5.83. The number of hydrogen-bond acceptors (Lipinski definition) is 5. The molecule has 1 atom stereocenters. The van der Waals surface area contributed by atoms with Crippen LogP contribution in [0.1, 0.15) is 63.9 Å². The van der Waals surface area contributed by atoms with E-state index in [2.05, 4.69) is 68.7 Å². The third-order valence-corrected chi connectivity index (χ3v) is 7.57. The molecule has 1 fully saturated rings. The molecule has 40 heavy (non-hydrogen) atoms. The largest absolute Gasteiger partial charge is 0.354 e. The molecule has 3 heterocycles. The molecular formula is C33H42N6O. The van der Waals surface area contributed by atoms with Gasteiger partial charge in [0.25, 0.3) is 0 Å². The third-order valence-electron chi connectivity index (χ3n) is 7.57. The highest BCUT2D eigenvalue weighted by Crippen LogP contribution is 2.29. The van der Waals surface area contributed by atoms with Crippen LogP contribution in [0.2, 0.25) is 0 Å². The molecule has 5 rings (SSSR count). The number of aromatic nitrogens is 4. The molecule has 7 heteroatoms. The first-order valence-electron chi connectivity index (χ1n) is 14.5. The van der Waals surface area contributed by atoms with Crippen LogP contribution in [0.15, 0.2) is 60.8 Å². The molecule has 1 saturated heterocycles. The zero-order valence-corrected chi connectivity index (χ0v) is 24.6. The van der Waals surface area contributed by atoms with Gasteiger partial charge in [-0.1, -0.05) is 75.7 Å². The maximum atomic E-state index is 13.2. The molecule has 7 nitrogen and oxygen atoms in total. The normalized spacial score (nSPS) is 15.3. The van der Waals surface area contributed by atoms with Crippen LogP contribution in [-0.2, 0) is 11.2 Å². The minimum Gasteiger partial charge on any atom is -0.354 e. The van der Waals surface area contributed by atoms with Gasteiger partial charge in [0.1, 0.15) is 11.6 Å². The molecule has 0 spiro atoms. The van der Waals surface area contributed by atoms with Gasteiger partial charge in [0.05, 0.1) is 17.3 Å². The summed E-state index contributed by atoms with van der Waals surface area (Å²) in [5, 5.41) is 5.67. The Morgan fingerprint density at radius 2 is 1.70 bits per heavy atom. The smallest absolute Gasteiger partial charge is 0.222 e. The Morgan fingerprint density at radius 3 is 2.42 bits per heavy atom. The summed E-state index contributed by atoms with van der Waals surface area (Å²) in [7, 11) is 0. The van der Waals surface area contributed by atoms with Gasteiger partial charge in [0.2, 0.25) is 5.91 Å². The van der Waals surface area contributed by atoms with Gasteiger partial charge >= 0.3 is 0 Å². The van der Waals surface area contributed by atoms with Gasteiger partial charge in [-0.05, 0) is 48.8 Å². The lowest BCUT2D eigenvalue weighted by atomic mass is 9.84. The maximum absolute atomic E-state index is 13.2. The van der Waals surface area contributed by atoms with Crippen molar-refractivity contribution >= 4 is 22.8 Å². The molecule has 0 aliphatic carbocycles. The van der Waals surface area contributed by atoms with Crippen molar-refractivity contribution < 1.29 is 4.79 Å². The van der Waals surface area contributed by atoms with E-state index in [9.17, 15) is 4.79 Å². The van der Waals surface area contributed by atoms with Crippen LogP contribution in [0.4, 0.5) is 5.82 Å². The Kier molecular flexibility index (Phi) is 8.19. The zero-order valence-electron chi connectivity index (χ0n) is 24.6. The number of hydrogen-bond donors (Lipinski definition) is 0. The molecule has 0 N–H and O–H groups in total. The average Bonchev–Trinajstić information content (AvgIpc) is 3.17. The number of amides is 1. The molecular weight excluding hydrogens is 496 g/mol. The SMILES string of the molecule is Cc1ccc(Cc2nc(N3CCCN(C(=O)CC(C)CC(C)(C)C)CC3)c3cnn(-c4ccccc4)c3n2)cc1. The van der Waals surface area contributed by atoms with Gasteiger partial charge < -0.3 is 9.80 Å². The minimum absolute atomic E-state index is 0.230. The van der Waals surface area contributed by atoms with E-state index in [1.54, 1.807) is 0 Å². The number of benzene rings is 2. The second kappa shape index (κ2) is 11.8. The van der Waals surface area contributed by atoms with Crippen molar-refractivity contribution in [1.29, 1.82) is 0 Å². The van der Waals surface area contributed by atoms with Crippen LogP contribution < -0.4 is 4.90 Å². The number of carbonyl (C=O) groups is 1. The Balaban J connectivity index is 1.42. The Morgan fingerprint density at radius 1 is 0.950 bits per heavy atom. The number of rotatable bonds is 7. The van der Waals surface area contributed by atoms with Crippen molar-refractivity contribution in [3.8, 4) is 5.69 Å². The molecule has 210 valence electrons. The fraction of sp³-hybridized carbons (Fsp3) is 0.455. The molecule has 2 aromatic carbocycles. The lowest BCUT2D eigenvalue weighted by molar-refractivity contribution is -0.132. The minimum atomic E-state index is 0.230. The lowest BCUT2D eigenvalue weighted by Crippen LogP contribution is -2.36. The first kappa shape index (κ1) is 27.8. The van der Waals surface area contributed by atoms with Crippen LogP contribution >= 0.6 is 0 Å². The van der Waals surface area contributed by atoms with Gasteiger partial charge in [0, 0.05) is 39.0 Å². The average molecular weight is 539 g/mol. The highest BCUT2D eigenvalue weighted by atomic mass is 16.2. The summed E-state index contributed by atoms with van der Waals surface area (Å²) in [6.45, 7) is 14.1. The summed E-state index contributed by atoms with van der Waals surface area (Å²) >= 11 is 0. The summed E-state index contributed by atoms with van der Waals surface area (Å²) in [4.78, 5) is 27.7. The van der Waals surface area contributed by atoms with Crippen molar-refractivity contribution in [3.05, 3.63) is 77.7 Å². The fourth-order valence-corrected chi connectivity index (χ4v) is 5.83. The summed E-state index contributed by atoms with van der Waals surface area (Å²) in [6, 6.07) is 18.7. The second-order valence-electron chi connectivity index (χ2n) is 12.6. The summed E-state index contributed by atoms with van der Waals surface area (Å²) < 4.78 is 1.91. The highest BCUT2D eigenvalue weighted by Gasteiger charge is 2.25. The van der Waals surface area contributed by atoms with E-state index in [4.69, 9.17) is 15.1 Å². The van der Waals surface area contributed by atoms with Crippen LogP contribution in [-0.4, -0.2) is 56.7 Å². The summed E-state index contributed by atoms with van der Waals surface area (Å²) in [5.41, 5.74) is 4.43. The van der Waals surface area contributed by atoms with Crippen molar-refractivity contribution in [2.24, 2.45) is 11.3 Å². The molecule has 1 aliphatic heterocycles. The molecule has 1 unspecified atom stereocenters. The van der Waals surface area contributed by atoms with Gasteiger partial charge in [-0.15, -0.1) is 0 Å². The molecule has 0 saturated carbocycles. The highest BCUT2D eigenvalue weighted by molar-refractivity contribution is 5.88. The van der Waals surface area contributed by atoms with E-state index < -0.39 is 0 Å². The number of fused-ring (bicyclic) bond motifs is 1. The van der Waals surface area contributed by atoms with Gasteiger partial charge in [-0.2, -0.15) is 5.10 Å². The van der Waals surface area contributed by atoms with E-state index in [1.807, 2.05) is 41.2 Å². The molecule has 1 aliphatic rings. The standard InChI is InChI=1S/C33H42N6O/c1-24-12-14-26(15-13-24)21-29-35-31(28-23-34-39(32(28)36-29)27-10-7-6-8-11-27)38-17-9-16-37(18-19-38)30(40)20-25(2)22-33(3,4)5/h6-8,10-15,23,25H,9,16-22H2,1-5H3. The van der Waals surface area contributed by atoms with Crippen LogP contribution in [0.5, 0.6) is 0 Å². The Bertz CT molecular complexity index is 1440. The van der Waals surface area contributed by atoms with Crippen LogP contribution in [0, 0.1) is 18.3 Å². The predicted molar refractivity (Wildman–Crippen MR) is 162 cm³/mol. The first-order chi connectivity index (χ1) is 19.2. The van der Waals surface area contributed by atoms with E-state index in [-0.39, 0.29) is 11.3 Å². The molecule has 4 aromatic rings. The topological polar surface area (TPSA) is 67.2 Å². The maximum Gasteiger partial charge on any atom is 0.222 e. The molecule has 0 bridgehead atoms. The van der Waals surface area contributed by atoms with Gasteiger partial charge in [0.15, 0.2) is 5.65 Å². The van der Waals surface area contributed by atoms with Crippen molar-refractivity contribution in [3.63, 3.8) is 0 Å². The van der Waals surface area contributed by atoms with E-state index in [1.165, 1.54) is 11.1 Å². The van der Waals surface area contributed by atoms with Crippen molar-refractivity contribution in [1.82, 2.24) is 24.6 Å². The van der Waals surface area contributed by atoms with E-state index in [0.29, 0.717) is 25.3 Å². The zero-order chi connectivity index (χ0) is 28.3. The number of anilines is 1. The second-order valence-corrected chi connectivity index (χ2v) is 12.6. The summed E-state index contributed by atoms with van der Waals surface area (Å²) in [6.07, 6.45) is 5.10. The molecule has 1 amide bonds. The third kappa shape index (κ3) is 6.69. The number of aryl methyl sites for hydroxylation is 1. The number of para-hydroxylation sites is 1. The van der Waals surface area contributed by atoms with Crippen LogP contribution in [0.25, 0.3) is 16.7 Å². The number of carbonyl (C=O) groups excluding carboxylic acids is 1. The summed E-state index contributed by atoms with van der Waals surface area (Å²) in [5.74, 6) is 2.33. The Labute approximate surface area is 238 Å². The predicted octanol–water partition coefficient (Wildman–Crippen LogP) is 6.22. The van der Waals surface area contributed by atoms with E-state index in [0.717, 1.165) is 60.8 Å².